The molecule has 13 N–H and O–H groups in total. The molecule has 0 saturated heterocycles. The third-order valence-electron chi connectivity index (χ3n) is 8.75. The molecule has 0 aliphatic heterocycles. The Kier molecular flexibility index (Phi) is 18.4. The van der Waals surface area contributed by atoms with E-state index < -0.39 is 103 Å². The van der Waals surface area contributed by atoms with Crippen LogP contribution in [0.4, 0.5) is 0 Å². The van der Waals surface area contributed by atoms with Crippen molar-refractivity contribution >= 4 is 52.3 Å². The number of unbranched alkanes of at least 4 members (excludes halogenated alkanes) is 1. The van der Waals surface area contributed by atoms with Crippen LogP contribution < -0.4 is 43.4 Å². The molecular weight excluding hydrogens is 690 g/mol. The number of nitrogens with two attached hydrogens (primary N) is 2. The second kappa shape index (κ2) is 22.1. The van der Waals surface area contributed by atoms with Gasteiger partial charge in [0.15, 0.2) is 0 Å². The van der Waals surface area contributed by atoms with Crippen molar-refractivity contribution in [2.75, 3.05) is 26.2 Å². The zero-order valence-corrected chi connectivity index (χ0v) is 30.7. The van der Waals surface area contributed by atoms with E-state index in [0.717, 1.165) is 10.9 Å². The number of carbonyl (C=O) groups excluding carboxylic acids is 6. The number of amides is 6. The van der Waals surface area contributed by atoms with Gasteiger partial charge in [-0.25, -0.2) is 4.79 Å². The van der Waals surface area contributed by atoms with E-state index in [2.05, 4.69) is 36.9 Å². The average Bonchev–Trinajstić information content (AvgIpc) is 3.54. The van der Waals surface area contributed by atoms with Crippen LogP contribution in [-0.4, -0.2) is 113 Å². The highest BCUT2D eigenvalue weighted by atomic mass is 16.4. The maximum Gasteiger partial charge on any atom is 0.326 e. The van der Waals surface area contributed by atoms with E-state index in [9.17, 15) is 38.7 Å². The molecule has 0 aliphatic carbocycles. The number of aliphatic carboxylic acids is 1. The Morgan fingerprint density at radius 2 is 1.43 bits per heavy atom. The number of fused-ring (bicyclic) bond motifs is 1. The first-order valence-corrected chi connectivity index (χ1v) is 17.7. The summed E-state index contributed by atoms with van der Waals surface area (Å²) in [5, 5.41) is 34.6. The first kappa shape index (κ1) is 44.1. The summed E-state index contributed by atoms with van der Waals surface area (Å²) in [5.41, 5.74) is 12.5. The second-order valence-corrected chi connectivity index (χ2v) is 13.3. The fourth-order valence-corrected chi connectivity index (χ4v) is 5.36. The molecule has 0 bridgehead atoms. The molecule has 2 aromatic rings. The van der Waals surface area contributed by atoms with E-state index in [1.807, 2.05) is 31.2 Å². The molecule has 0 radical (unpaired) electrons. The van der Waals surface area contributed by atoms with E-state index in [1.165, 1.54) is 0 Å². The third-order valence-corrected chi connectivity index (χ3v) is 8.75. The van der Waals surface area contributed by atoms with Crippen molar-refractivity contribution in [1.82, 2.24) is 36.9 Å². The molecule has 0 saturated carbocycles. The second-order valence-electron chi connectivity index (χ2n) is 13.3. The summed E-state index contributed by atoms with van der Waals surface area (Å²) < 4.78 is 0. The van der Waals surface area contributed by atoms with Gasteiger partial charge in [-0.05, 0) is 49.3 Å². The summed E-state index contributed by atoms with van der Waals surface area (Å²) in [6.45, 7) is 5.49. The van der Waals surface area contributed by atoms with E-state index in [1.54, 1.807) is 27.0 Å². The van der Waals surface area contributed by atoms with Crippen LogP contribution in [-0.2, 0) is 40.0 Å². The van der Waals surface area contributed by atoms with Crippen molar-refractivity contribution in [1.29, 1.82) is 0 Å². The van der Waals surface area contributed by atoms with E-state index in [4.69, 9.17) is 16.6 Å². The number of H-pyrrole nitrogens is 1. The number of aromatic nitrogens is 1. The first-order chi connectivity index (χ1) is 25.1. The van der Waals surface area contributed by atoms with Crippen LogP contribution >= 0.6 is 0 Å². The van der Waals surface area contributed by atoms with Gasteiger partial charge in [-0.1, -0.05) is 52.3 Å². The number of carboxylic acid groups (broad SMARTS) is 1. The molecule has 294 valence electrons. The highest BCUT2D eigenvalue weighted by Gasteiger charge is 2.33. The first-order valence-electron chi connectivity index (χ1n) is 17.7. The molecule has 0 aliphatic rings. The molecule has 53 heavy (non-hydrogen) atoms. The number of para-hydroxylation sites is 1. The summed E-state index contributed by atoms with van der Waals surface area (Å²) in [6.07, 6.45) is 3.38. The standard InChI is InChI=1S/C35H55N9O9/c1-5-20(4)30(43-28(47)17-40-32(49)25(12-8-9-13-36)41-27(46)16-39-31(48)23(37)18-45)34(51)42-26(33(50)44-29(19(2)3)35(52)53)14-21-15-38-24-11-7-6-10-22(21)24/h6-7,10-11,15,19-20,23,25-26,29-30,38,45H,5,8-9,12-14,16-18,36-37H2,1-4H3,(H,39,48)(H,40,49)(H,41,46)(H,42,51)(H,43,47)(H,44,50)(H,52,53)/t20-,23-,25-,26-,29-,30-/m0/s1. The maximum atomic E-state index is 13.8. The van der Waals surface area contributed by atoms with Crippen molar-refractivity contribution < 1.29 is 43.8 Å². The summed E-state index contributed by atoms with van der Waals surface area (Å²) in [6, 6.07) is 1.50. The van der Waals surface area contributed by atoms with Gasteiger partial charge in [0.2, 0.25) is 35.4 Å². The Morgan fingerprint density at radius 1 is 0.792 bits per heavy atom. The van der Waals surface area contributed by atoms with Crippen molar-refractivity contribution in [2.45, 2.75) is 90.0 Å². The molecule has 18 nitrogen and oxygen atoms in total. The highest BCUT2D eigenvalue weighted by Crippen LogP contribution is 2.20. The van der Waals surface area contributed by atoms with Gasteiger partial charge < -0.3 is 58.6 Å². The number of carbonyl (C=O) groups is 7. The molecule has 6 amide bonds. The maximum absolute atomic E-state index is 13.8. The fourth-order valence-electron chi connectivity index (χ4n) is 5.36. The van der Waals surface area contributed by atoms with Crippen LogP contribution in [0.15, 0.2) is 30.5 Å². The molecule has 0 spiro atoms. The Morgan fingerprint density at radius 3 is 2.04 bits per heavy atom. The quantitative estimate of drug-likeness (QED) is 0.0560. The minimum atomic E-state index is -1.23. The molecule has 0 fully saturated rings. The lowest BCUT2D eigenvalue weighted by atomic mass is 9.96. The predicted octanol–water partition coefficient (Wildman–Crippen LogP) is -1.88. The lowest BCUT2D eigenvalue weighted by molar-refractivity contribution is -0.143. The molecule has 6 atom stereocenters. The molecule has 0 unspecified atom stereocenters. The zero-order chi connectivity index (χ0) is 39.7. The van der Waals surface area contributed by atoms with Crippen molar-refractivity contribution in [3.05, 3.63) is 36.0 Å². The van der Waals surface area contributed by atoms with Crippen LogP contribution in [0.25, 0.3) is 10.9 Å². The van der Waals surface area contributed by atoms with Crippen LogP contribution in [0.2, 0.25) is 0 Å². The van der Waals surface area contributed by atoms with Crippen molar-refractivity contribution in [2.24, 2.45) is 23.3 Å². The Bertz CT molecular complexity index is 1560. The lowest BCUT2D eigenvalue weighted by Crippen LogP contribution is -2.59. The van der Waals surface area contributed by atoms with Gasteiger partial charge >= 0.3 is 5.97 Å². The summed E-state index contributed by atoms with van der Waals surface area (Å²) in [4.78, 5) is 92.9. The average molecular weight is 746 g/mol. The highest BCUT2D eigenvalue weighted by molar-refractivity contribution is 5.96. The van der Waals surface area contributed by atoms with Gasteiger partial charge in [0.05, 0.1) is 19.7 Å². The number of hydrogen-bond acceptors (Lipinski definition) is 10. The number of aromatic amines is 1. The van der Waals surface area contributed by atoms with Gasteiger partial charge in [-0.15, -0.1) is 0 Å². The number of aliphatic hydroxyl groups is 1. The van der Waals surface area contributed by atoms with Crippen LogP contribution in [0, 0.1) is 11.8 Å². The van der Waals surface area contributed by atoms with Crippen LogP contribution in [0.1, 0.15) is 58.9 Å². The van der Waals surface area contributed by atoms with Gasteiger partial charge in [-0.2, -0.15) is 0 Å². The van der Waals surface area contributed by atoms with Gasteiger partial charge in [0.1, 0.15) is 30.2 Å². The zero-order valence-electron chi connectivity index (χ0n) is 30.7. The Balaban J connectivity index is 2.18. The lowest BCUT2D eigenvalue weighted by Gasteiger charge is -2.28. The molecule has 1 heterocycles. The molecule has 18 heteroatoms. The third kappa shape index (κ3) is 14.1. The SMILES string of the molecule is CC[C@H](C)[C@H](NC(=O)CNC(=O)[C@H](CCCCN)NC(=O)CNC(=O)[C@@H](N)CO)C(=O)N[C@@H](Cc1c[nH]c2ccccc12)C(=O)N[C@H](C(=O)O)C(C)C. The number of rotatable bonds is 23. The molecular formula is C35H55N9O9. The van der Waals surface area contributed by atoms with E-state index in [-0.39, 0.29) is 12.8 Å². The summed E-state index contributed by atoms with van der Waals surface area (Å²) in [7, 11) is 0. The number of nitrogens with one attached hydrogen (secondary N) is 7. The van der Waals surface area contributed by atoms with Crippen molar-refractivity contribution in [3.63, 3.8) is 0 Å². The molecule has 1 aromatic carbocycles. The number of carboxylic acids is 1. The topological polar surface area (TPSA) is 300 Å². The normalized spacial score (nSPS) is 14.6. The molecule has 1 aromatic heterocycles. The van der Waals surface area contributed by atoms with Gasteiger partial charge in [0.25, 0.3) is 0 Å². The number of benzene rings is 1. The Hall–Kier alpha value is -5.07. The minimum absolute atomic E-state index is 0.0123. The smallest absolute Gasteiger partial charge is 0.326 e. The van der Waals surface area contributed by atoms with Crippen LogP contribution in [0.5, 0.6) is 0 Å². The van der Waals surface area contributed by atoms with Crippen molar-refractivity contribution in [3.8, 4) is 0 Å². The predicted molar refractivity (Wildman–Crippen MR) is 196 cm³/mol. The summed E-state index contributed by atoms with van der Waals surface area (Å²) >= 11 is 0. The minimum Gasteiger partial charge on any atom is -0.480 e. The van der Waals surface area contributed by atoms with Gasteiger partial charge in [0, 0.05) is 23.5 Å². The fraction of sp³-hybridized carbons (Fsp3) is 0.571. The van der Waals surface area contributed by atoms with E-state index in [0.29, 0.717) is 31.4 Å². The van der Waals surface area contributed by atoms with Crippen LogP contribution in [0.3, 0.4) is 0 Å². The number of hydrogen-bond donors (Lipinski definition) is 11. The van der Waals surface area contributed by atoms with E-state index >= 15 is 0 Å². The largest absolute Gasteiger partial charge is 0.480 e. The monoisotopic (exact) mass is 745 g/mol. The molecule has 2 rings (SSSR count). The Labute approximate surface area is 308 Å². The number of aliphatic hydroxyl groups excluding tert-OH is 1. The summed E-state index contributed by atoms with van der Waals surface area (Å²) in [5.74, 6) is -6.39. The van der Waals surface area contributed by atoms with Gasteiger partial charge in [-0.3, -0.25) is 28.8 Å².